The zero-order valence-corrected chi connectivity index (χ0v) is 13.0. The second-order valence-corrected chi connectivity index (χ2v) is 5.56. The summed E-state index contributed by atoms with van der Waals surface area (Å²) in [7, 11) is 2.15. The molecular formula is C19H22N2. The second-order valence-electron chi connectivity index (χ2n) is 5.56. The first-order chi connectivity index (χ1) is 10.2. The van der Waals surface area contributed by atoms with Gasteiger partial charge in [0.05, 0.1) is 6.54 Å². The smallest absolute Gasteiger partial charge is 0.0556 e. The number of nitrogens with one attached hydrogen (secondary N) is 1. The molecule has 0 aliphatic rings. The molecule has 2 nitrogen and oxygen atoms in total. The number of hydrogen-bond donors (Lipinski definition) is 1. The van der Waals surface area contributed by atoms with Crippen LogP contribution in [-0.4, -0.2) is 4.57 Å². The predicted octanol–water partition coefficient (Wildman–Crippen LogP) is 4.66. The fourth-order valence-electron chi connectivity index (χ4n) is 2.97. The van der Waals surface area contributed by atoms with Crippen molar-refractivity contribution in [2.45, 2.75) is 26.8 Å². The normalized spacial score (nSPS) is 11.0. The van der Waals surface area contributed by atoms with Gasteiger partial charge in [-0.15, -0.1) is 0 Å². The van der Waals surface area contributed by atoms with Crippen LogP contribution in [0.25, 0.3) is 10.9 Å². The molecule has 1 heterocycles. The van der Waals surface area contributed by atoms with Gasteiger partial charge in [0.15, 0.2) is 0 Å². The van der Waals surface area contributed by atoms with E-state index in [1.54, 1.807) is 0 Å². The van der Waals surface area contributed by atoms with Gasteiger partial charge in [-0.1, -0.05) is 37.3 Å². The van der Waals surface area contributed by atoms with Gasteiger partial charge in [0.1, 0.15) is 0 Å². The highest BCUT2D eigenvalue weighted by atomic mass is 15.0. The van der Waals surface area contributed by atoms with Crippen molar-refractivity contribution in [1.82, 2.24) is 4.57 Å². The summed E-state index contributed by atoms with van der Waals surface area (Å²) in [6.45, 7) is 5.25. The van der Waals surface area contributed by atoms with Gasteiger partial charge in [-0.05, 0) is 42.7 Å². The zero-order chi connectivity index (χ0) is 14.8. The van der Waals surface area contributed by atoms with E-state index in [-0.39, 0.29) is 0 Å². The minimum Gasteiger partial charge on any atom is -0.379 e. The van der Waals surface area contributed by atoms with Crippen molar-refractivity contribution in [3.63, 3.8) is 0 Å². The van der Waals surface area contributed by atoms with Crippen molar-refractivity contribution < 1.29 is 0 Å². The maximum absolute atomic E-state index is 3.56. The molecule has 0 saturated heterocycles. The lowest BCUT2D eigenvalue weighted by molar-refractivity contribution is 0.862. The van der Waals surface area contributed by atoms with Crippen molar-refractivity contribution in [2.24, 2.45) is 7.05 Å². The third kappa shape index (κ3) is 2.54. The molecule has 1 aromatic heterocycles. The highest BCUT2D eigenvalue weighted by Crippen LogP contribution is 2.25. The van der Waals surface area contributed by atoms with Crippen LogP contribution in [0.1, 0.15) is 23.7 Å². The molecule has 0 bridgehead atoms. The van der Waals surface area contributed by atoms with Gasteiger partial charge in [0.2, 0.25) is 0 Å². The molecule has 0 radical (unpaired) electrons. The Morgan fingerprint density at radius 1 is 1.05 bits per heavy atom. The number of aromatic nitrogens is 1. The van der Waals surface area contributed by atoms with Gasteiger partial charge < -0.3 is 9.88 Å². The monoisotopic (exact) mass is 278 g/mol. The standard InChI is InChI=1S/C19H22N2/c1-4-15-8-7-9-16(12-15)20-13-19-14(2)17-10-5-6-11-18(17)21(19)3/h5-12,20H,4,13H2,1-3H3. The third-order valence-electron chi connectivity index (χ3n) is 4.30. The van der Waals surface area contributed by atoms with Crippen molar-refractivity contribution in [1.29, 1.82) is 0 Å². The number of anilines is 1. The van der Waals surface area contributed by atoms with E-state index in [9.17, 15) is 0 Å². The number of fused-ring (bicyclic) bond motifs is 1. The van der Waals surface area contributed by atoms with Gasteiger partial charge in [0.25, 0.3) is 0 Å². The molecule has 0 amide bonds. The van der Waals surface area contributed by atoms with Crippen LogP contribution < -0.4 is 5.32 Å². The Balaban J connectivity index is 1.88. The molecule has 0 spiro atoms. The summed E-state index contributed by atoms with van der Waals surface area (Å²) in [5.41, 5.74) is 6.58. The molecule has 21 heavy (non-hydrogen) atoms. The largest absolute Gasteiger partial charge is 0.379 e. The van der Waals surface area contributed by atoms with Crippen LogP contribution in [-0.2, 0) is 20.0 Å². The molecule has 0 aliphatic heterocycles. The maximum atomic E-state index is 3.56. The van der Waals surface area contributed by atoms with Crippen LogP contribution >= 0.6 is 0 Å². The Morgan fingerprint density at radius 2 is 1.86 bits per heavy atom. The predicted molar refractivity (Wildman–Crippen MR) is 90.8 cm³/mol. The van der Waals surface area contributed by atoms with Crippen LogP contribution in [0.4, 0.5) is 5.69 Å². The molecular weight excluding hydrogens is 256 g/mol. The molecule has 0 saturated carbocycles. The number of nitrogens with zero attached hydrogens (tertiary/aromatic N) is 1. The highest BCUT2D eigenvalue weighted by Gasteiger charge is 2.10. The van der Waals surface area contributed by atoms with Crippen molar-refractivity contribution in [2.75, 3.05) is 5.32 Å². The Bertz CT molecular complexity index is 729. The van der Waals surface area contributed by atoms with Gasteiger partial charge in [0, 0.05) is 29.3 Å². The second kappa shape index (κ2) is 5.65. The van der Waals surface area contributed by atoms with Crippen LogP contribution in [0.3, 0.4) is 0 Å². The summed E-state index contributed by atoms with van der Waals surface area (Å²) >= 11 is 0. The molecule has 2 heteroatoms. The molecule has 0 unspecified atom stereocenters. The fraction of sp³-hybridized carbons (Fsp3) is 0.263. The van der Waals surface area contributed by atoms with Crippen LogP contribution in [0.15, 0.2) is 48.5 Å². The van der Waals surface area contributed by atoms with E-state index in [0.717, 1.165) is 13.0 Å². The zero-order valence-electron chi connectivity index (χ0n) is 13.0. The lowest BCUT2D eigenvalue weighted by Crippen LogP contribution is -2.06. The molecule has 0 fully saturated rings. The topological polar surface area (TPSA) is 17.0 Å². The summed E-state index contributed by atoms with van der Waals surface area (Å²) in [5, 5.41) is 4.90. The van der Waals surface area contributed by atoms with E-state index < -0.39 is 0 Å². The van der Waals surface area contributed by atoms with Gasteiger partial charge in [-0.3, -0.25) is 0 Å². The lowest BCUT2D eigenvalue weighted by atomic mass is 10.1. The summed E-state index contributed by atoms with van der Waals surface area (Å²) in [5.74, 6) is 0. The average Bonchev–Trinajstić information content (AvgIpc) is 2.78. The number of aryl methyl sites for hydroxylation is 3. The average molecular weight is 278 g/mol. The number of hydrogen-bond acceptors (Lipinski definition) is 1. The molecule has 1 N–H and O–H groups in total. The molecule has 2 aromatic carbocycles. The number of para-hydroxylation sites is 1. The van der Waals surface area contributed by atoms with Gasteiger partial charge >= 0.3 is 0 Å². The van der Waals surface area contributed by atoms with E-state index in [0.29, 0.717) is 0 Å². The van der Waals surface area contributed by atoms with Crippen LogP contribution in [0.5, 0.6) is 0 Å². The van der Waals surface area contributed by atoms with Crippen molar-refractivity contribution in [3.8, 4) is 0 Å². The van der Waals surface area contributed by atoms with Gasteiger partial charge in [-0.25, -0.2) is 0 Å². The van der Waals surface area contributed by atoms with E-state index in [4.69, 9.17) is 0 Å². The first kappa shape index (κ1) is 13.7. The summed E-state index contributed by atoms with van der Waals surface area (Å²) in [6.07, 6.45) is 1.07. The minimum absolute atomic E-state index is 0.851. The minimum atomic E-state index is 0.851. The molecule has 0 aliphatic carbocycles. The van der Waals surface area contributed by atoms with E-state index >= 15 is 0 Å². The Labute approximate surface area is 126 Å². The fourth-order valence-corrected chi connectivity index (χ4v) is 2.97. The first-order valence-electron chi connectivity index (χ1n) is 7.56. The summed E-state index contributed by atoms with van der Waals surface area (Å²) in [4.78, 5) is 0. The Morgan fingerprint density at radius 3 is 2.62 bits per heavy atom. The summed E-state index contributed by atoms with van der Waals surface area (Å²) < 4.78 is 2.29. The maximum Gasteiger partial charge on any atom is 0.0556 e. The Kier molecular flexibility index (Phi) is 3.70. The summed E-state index contributed by atoms with van der Waals surface area (Å²) in [6, 6.07) is 17.3. The van der Waals surface area contributed by atoms with Crippen molar-refractivity contribution in [3.05, 3.63) is 65.4 Å². The van der Waals surface area contributed by atoms with E-state index in [1.165, 1.54) is 33.4 Å². The van der Waals surface area contributed by atoms with E-state index in [1.807, 2.05) is 0 Å². The van der Waals surface area contributed by atoms with Crippen molar-refractivity contribution >= 4 is 16.6 Å². The lowest BCUT2D eigenvalue weighted by Gasteiger charge is -2.10. The molecule has 3 rings (SSSR count). The van der Waals surface area contributed by atoms with Gasteiger partial charge in [-0.2, -0.15) is 0 Å². The number of benzene rings is 2. The van der Waals surface area contributed by atoms with E-state index in [2.05, 4.69) is 79.3 Å². The highest BCUT2D eigenvalue weighted by molar-refractivity contribution is 5.85. The molecule has 3 aromatic rings. The SMILES string of the molecule is CCc1cccc(NCc2c(C)c3ccccc3n2C)c1. The first-order valence-corrected chi connectivity index (χ1v) is 7.56. The van der Waals surface area contributed by atoms with Crippen LogP contribution in [0.2, 0.25) is 0 Å². The molecule has 108 valence electrons. The molecule has 0 atom stereocenters. The Hall–Kier alpha value is -2.22. The third-order valence-corrected chi connectivity index (χ3v) is 4.30. The van der Waals surface area contributed by atoms with Crippen LogP contribution in [0, 0.1) is 6.92 Å². The quantitative estimate of drug-likeness (QED) is 0.734. The number of rotatable bonds is 4.